The zero-order chi connectivity index (χ0) is 24.9. The van der Waals surface area contributed by atoms with Crippen molar-refractivity contribution in [2.45, 2.75) is 46.2 Å². The van der Waals surface area contributed by atoms with Crippen molar-refractivity contribution in [1.82, 2.24) is 14.5 Å². The van der Waals surface area contributed by atoms with Gasteiger partial charge in [0.2, 0.25) is 0 Å². The van der Waals surface area contributed by atoms with Crippen LogP contribution >= 0.6 is 11.3 Å². The average molecular weight is 495 g/mol. The van der Waals surface area contributed by atoms with E-state index in [9.17, 15) is 14.4 Å². The number of thiophene rings is 1. The quantitative estimate of drug-likeness (QED) is 0.489. The van der Waals surface area contributed by atoms with Crippen LogP contribution in [0.15, 0.2) is 23.0 Å². The molecule has 0 saturated heterocycles. The lowest BCUT2D eigenvalue weighted by atomic mass is 9.89. The first-order valence-electron chi connectivity index (χ1n) is 12.1. The van der Waals surface area contributed by atoms with Gasteiger partial charge in [-0.2, -0.15) is 0 Å². The number of likely N-dealkylation sites (N-methyl/N-ethyl adjacent to an activating group) is 1. The van der Waals surface area contributed by atoms with Gasteiger partial charge >= 0.3 is 0 Å². The third-order valence-corrected chi connectivity index (χ3v) is 7.94. The number of aryl methyl sites for hydroxylation is 1. The van der Waals surface area contributed by atoms with Crippen LogP contribution in [0.3, 0.4) is 0 Å². The number of fused-ring (bicyclic) bond motifs is 4. The molecular formula is C26H30N4O4S. The smallest absolute Gasteiger partial charge is 0.265 e. The van der Waals surface area contributed by atoms with E-state index in [-0.39, 0.29) is 30.4 Å². The molecule has 0 N–H and O–H groups in total. The third-order valence-electron chi connectivity index (χ3n) is 6.79. The van der Waals surface area contributed by atoms with Gasteiger partial charge in [0.25, 0.3) is 11.5 Å². The minimum Gasteiger partial charge on any atom is -0.482 e. The highest BCUT2D eigenvalue weighted by Gasteiger charge is 2.27. The number of carbonyl (C=O) groups is 2. The summed E-state index contributed by atoms with van der Waals surface area (Å²) in [7, 11) is 3.84. The van der Waals surface area contributed by atoms with Gasteiger partial charge in [-0.1, -0.05) is 6.92 Å². The second-order valence-corrected chi connectivity index (χ2v) is 10.8. The van der Waals surface area contributed by atoms with E-state index in [1.54, 1.807) is 34.4 Å². The average Bonchev–Trinajstić information content (AvgIpc) is 3.17. The van der Waals surface area contributed by atoms with Crippen molar-refractivity contribution >= 4 is 38.9 Å². The highest BCUT2D eigenvalue weighted by molar-refractivity contribution is 7.18. The van der Waals surface area contributed by atoms with Crippen LogP contribution in [0, 0.1) is 5.92 Å². The maximum atomic E-state index is 13.8. The second-order valence-electron chi connectivity index (χ2n) is 9.72. The molecule has 0 fully saturated rings. The normalized spacial score (nSPS) is 17.5. The Morgan fingerprint density at radius 2 is 2.09 bits per heavy atom. The van der Waals surface area contributed by atoms with Crippen LogP contribution in [0.1, 0.15) is 46.9 Å². The molecular weight excluding hydrogens is 464 g/mol. The molecule has 0 spiro atoms. The van der Waals surface area contributed by atoms with Gasteiger partial charge in [-0.25, -0.2) is 4.98 Å². The van der Waals surface area contributed by atoms with Crippen molar-refractivity contribution in [3.05, 3.63) is 50.4 Å². The van der Waals surface area contributed by atoms with Gasteiger partial charge < -0.3 is 14.5 Å². The van der Waals surface area contributed by atoms with Gasteiger partial charge in [0.1, 0.15) is 16.4 Å². The van der Waals surface area contributed by atoms with Crippen LogP contribution in [0.4, 0.5) is 5.69 Å². The van der Waals surface area contributed by atoms with Crippen molar-refractivity contribution < 1.29 is 14.3 Å². The molecule has 1 aliphatic heterocycles. The zero-order valence-electron chi connectivity index (χ0n) is 20.6. The molecule has 0 bridgehead atoms. The van der Waals surface area contributed by atoms with E-state index in [1.807, 2.05) is 25.9 Å². The van der Waals surface area contributed by atoms with E-state index >= 15 is 0 Å². The Morgan fingerprint density at radius 1 is 1.29 bits per heavy atom. The van der Waals surface area contributed by atoms with E-state index in [1.165, 1.54) is 9.44 Å². The third kappa shape index (κ3) is 4.27. The molecule has 1 unspecified atom stereocenters. The maximum Gasteiger partial charge on any atom is 0.265 e. The van der Waals surface area contributed by atoms with E-state index < -0.39 is 0 Å². The molecule has 9 heteroatoms. The van der Waals surface area contributed by atoms with Crippen molar-refractivity contribution in [1.29, 1.82) is 0 Å². The first kappa shape index (κ1) is 23.7. The first-order chi connectivity index (χ1) is 16.8. The van der Waals surface area contributed by atoms with E-state index in [0.29, 0.717) is 47.2 Å². The van der Waals surface area contributed by atoms with Gasteiger partial charge in [0, 0.05) is 17.0 Å². The summed E-state index contributed by atoms with van der Waals surface area (Å²) in [5, 5.41) is 0.675. The van der Waals surface area contributed by atoms with E-state index in [0.717, 1.165) is 29.7 Å². The molecule has 0 radical (unpaired) electrons. The number of ether oxygens (including phenoxy) is 1. The first-order valence-corrected chi connectivity index (χ1v) is 12.9. The van der Waals surface area contributed by atoms with Gasteiger partial charge in [-0.05, 0) is 70.0 Å². The summed E-state index contributed by atoms with van der Waals surface area (Å²) < 4.78 is 7.07. The molecule has 1 aromatic carbocycles. The van der Waals surface area contributed by atoms with Gasteiger partial charge in [0.15, 0.2) is 12.4 Å². The molecule has 2 aromatic heterocycles. The molecule has 3 heterocycles. The number of hydrogen-bond donors (Lipinski definition) is 0. The van der Waals surface area contributed by atoms with E-state index in [4.69, 9.17) is 9.72 Å². The maximum absolute atomic E-state index is 13.8. The molecule has 1 aliphatic carbocycles. The Labute approximate surface area is 208 Å². The van der Waals surface area contributed by atoms with Crippen molar-refractivity contribution in [2.75, 3.05) is 32.1 Å². The number of anilines is 1. The van der Waals surface area contributed by atoms with Crippen LogP contribution < -0.4 is 15.2 Å². The molecule has 184 valence electrons. The molecule has 2 aliphatic rings. The minimum absolute atomic E-state index is 0.00710. The topological polar surface area (TPSA) is 84.7 Å². The Balaban J connectivity index is 1.56. The molecule has 35 heavy (non-hydrogen) atoms. The highest BCUT2D eigenvalue weighted by atomic mass is 32.1. The predicted octanol–water partition coefficient (Wildman–Crippen LogP) is 3.27. The molecule has 8 nitrogen and oxygen atoms in total. The van der Waals surface area contributed by atoms with Crippen LogP contribution in [-0.4, -0.2) is 53.4 Å². The molecule has 3 aromatic rings. The monoisotopic (exact) mass is 494 g/mol. The summed E-state index contributed by atoms with van der Waals surface area (Å²) in [6.45, 7) is 4.96. The summed E-state index contributed by atoms with van der Waals surface area (Å²) in [5.41, 5.74) is 2.00. The number of amides is 1. The fourth-order valence-electron chi connectivity index (χ4n) is 4.99. The van der Waals surface area contributed by atoms with Gasteiger partial charge in [-0.3, -0.25) is 19.0 Å². The standard InChI is InChI=1S/C26H30N4O4S/c1-5-29-18-11-16(7-9-20(18)34-14-23(29)32)19(31)12-30-22(13-28(3)4)27-25-24(26(30)33)17-8-6-15(2)10-21(17)35-25/h7,9,11,15H,5-6,8,10,12-14H2,1-4H3. The SMILES string of the molecule is CCN1C(=O)COc2ccc(C(=O)Cn3c(CN(C)C)nc4sc5c(c4c3=O)CCC(C)C5)cc21. The number of ketones is 1. The van der Waals surface area contributed by atoms with Crippen molar-refractivity contribution in [3.8, 4) is 5.75 Å². The predicted molar refractivity (Wildman–Crippen MR) is 137 cm³/mol. The number of rotatable bonds is 6. The number of nitrogens with zero attached hydrogens (tertiary/aromatic N) is 4. The zero-order valence-corrected chi connectivity index (χ0v) is 21.4. The lowest BCUT2D eigenvalue weighted by Gasteiger charge is -2.28. The number of carbonyl (C=O) groups excluding carboxylic acids is 2. The van der Waals surface area contributed by atoms with Crippen LogP contribution in [0.25, 0.3) is 10.2 Å². The number of Topliss-reactive ketones (excluding diaryl/α,β-unsaturated/α-hetero) is 1. The molecule has 0 saturated carbocycles. The van der Waals surface area contributed by atoms with Gasteiger partial charge in [0.05, 0.1) is 24.2 Å². The summed E-state index contributed by atoms with van der Waals surface area (Å²) in [4.78, 5) is 49.9. The fraction of sp³-hybridized carbons (Fsp3) is 0.462. The number of hydrogen-bond acceptors (Lipinski definition) is 7. The second kappa shape index (κ2) is 9.20. The van der Waals surface area contributed by atoms with Crippen LogP contribution in [0.2, 0.25) is 0 Å². The summed E-state index contributed by atoms with van der Waals surface area (Å²) in [6.07, 6.45) is 2.90. The number of aromatic nitrogens is 2. The van der Waals surface area contributed by atoms with Crippen molar-refractivity contribution in [3.63, 3.8) is 0 Å². The fourth-order valence-corrected chi connectivity index (χ4v) is 6.38. The van der Waals surface area contributed by atoms with E-state index in [2.05, 4.69) is 6.92 Å². The largest absolute Gasteiger partial charge is 0.482 e. The Bertz CT molecular complexity index is 1390. The highest BCUT2D eigenvalue weighted by Crippen LogP contribution is 2.36. The summed E-state index contributed by atoms with van der Waals surface area (Å²) in [5.74, 6) is 1.42. The minimum atomic E-state index is -0.206. The Kier molecular flexibility index (Phi) is 6.23. The number of benzene rings is 1. The summed E-state index contributed by atoms with van der Waals surface area (Å²) >= 11 is 1.62. The Hall–Kier alpha value is -3.04. The van der Waals surface area contributed by atoms with Gasteiger partial charge in [-0.15, -0.1) is 11.3 Å². The molecule has 5 rings (SSSR count). The lowest BCUT2D eigenvalue weighted by Crippen LogP contribution is -2.38. The van der Waals surface area contributed by atoms with Crippen molar-refractivity contribution in [2.24, 2.45) is 5.92 Å². The molecule has 1 atom stereocenters. The Morgan fingerprint density at radius 3 is 2.83 bits per heavy atom. The summed E-state index contributed by atoms with van der Waals surface area (Å²) in [6, 6.07) is 5.11. The van der Waals surface area contributed by atoms with Crippen LogP contribution in [0.5, 0.6) is 5.75 Å². The lowest BCUT2D eigenvalue weighted by molar-refractivity contribution is -0.121. The molecule has 1 amide bonds. The van der Waals surface area contributed by atoms with Crippen LogP contribution in [-0.2, 0) is 30.7 Å².